The first-order valence-corrected chi connectivity index (χ1v) is 18.3. The summed E-state index contributed by atoms with van der Waals surface area (Å²) in [6, 6.07) is 43.0. The predicted octanol–water partition coefficient (Wildman–Crippen LogP) is 7.65. The lowest BCUT2D eigenvalue weighted by atomic mass is 9.82. The first-order chi connectivity index (χ1) is 22.1. The third-order valence-electron chi connectivity index (χ3n) is 7.77. The van der Waals surface area contributed by atoms with Gasteiger partial charge in [0.15, 0.2) is 5.54 Å². The smallest absolute Gasteiger partial charge is 0.355 e. The number of carbonyl (C=O) groups is 1. The molecule has 2 unspecified atom stereocenters. The van der Waals surface area contributed by atoms with Crippen molar-refractivity contribution in [2.75, 3.05) is 0 Å². The van der Waals surface area contributed by atoms with Crippen LogP contribution in [-0.2, 0) is 36.6 Å². The van der Waals surface area contributed by atoms with Crippen molar-refractivity contribution in [2.24, 2.45) is 0 Å². The molecule has 6 aromatic carbocycles. The van der Waals surface area contributed by atoms with Crippen molar-refractivity contribution in [1.29, 1.82) is 0 Å². The maximum Gasteiger partial charge on any atom is 0.355 e. The Morgan fingerprint density at radius 1 is 0.565 bits per heavy atom. The van der Waals surface area contributed by atoms with Gasteiger partial charge < -0.3 is 14.6 Å². The zero-order chi connectivity index (χ0) is 32.2. The molecule has 0 spiro atoms. The molecule has 0 saturated carbocycles. The minimum atomic E-state index is -4.37. The summed E-state index contributed by atoms with van der Waals surface area (Å²) in [4.78, 5) is 42.3. The molecule has 0 bridgehead atoms. The van der Waals surface area contributed by atoms with E-state index in [-0.39, 0.29) is 12.3 Å². The van der Waals surface area contributed by atoms with E-state index in [1.54, 1.807) is 84.9 Å². The average molecular weight is 651 g/mol. The maximum atomic E-state index is 14.6. The van der Waals surface area contributed by atoms with E-state index in [1.165, 1.54) is 0 Å². The quantitative estimate of drug-likeness (QED) is 0.0833. The van der Waals surface area contributed by atoms with Crippen molar-refractivity contribution >= 4 is 42.6 Å². The first-order valence-electron chi connectivity index (χ1n) is 14.6. The van der Waals surface area contributed by atoms with Crippen molar-refractivity contribution in [3.63, 3.8) is 0 Å². The van der Waals surface area contributed by atoms with Gasteiger partial charge in [-0.1, -0.05) is 139 Å². The van der Waals surface area contributed by atoms with E-state index < -0.39 is 26.5 Å². The van der Waals surface area contributed by atoms with E-state index in [1.807, 2.05) is 60.7 Å². The summed E-state index contributed by atoms with van der Waals surface area (Å²) in [5.74, 6) is -1.08. The summed E-state index contributed by atoms with van der Waals surface area (Å²) in [7, 11) is -8.63. The van der Waals surface area contributed by atoms with Gasteiger partial charge >= 0.3 is 13.5 Å². The van der Waals surface area contributed by atoms with Crippen LogP contribution in [-0.4, -0.2) is 15.8 Å². The van der Waals surface area contributed by atoms with Crippen molar-refractivity contribution in [2.45, 2.75) is 17.9 Å². The van der Waals surface area contributed by atoms with Crippen LogP contribution in [0.4, 0.5) is 0 Å². The topological polar surface area (TPSA) is 125 Å². The lowest BCUT2D eigenvalue weighted by molar-refractivity contribution is -0.153. The molecule has 0 heterocycles. The van der Waals surface area contributed by atoms with E-state index in [9.17, 15) is 23.7 Å². The van der Waals surface area contributed by atoms with Crippen LogP contribution < -0.4 is 10.3 Å². The van der Waals surface area contributed by atoms with Gasteiger partial charge in [-0.15, -0.1) is 0 Å². The van der Waals surface area contributed by atoms with E-state index in [2.05, 4.69) is 10.3 Å². The number of nitrogens with one attached hydrogen (secondary N) is 2. The average Bonchev–Trinajstić information content (AvgIpc) is 3.06. The van der Waals surface area contributed by atoms with Crippen LogP contribution in [0.3, 0.4) is 0 Å². The normalized spacial score (nSPS) is 14.4. The highest BCUT2D eigenvalue weighted by Gasteiger charge is 2.49. The molecule has 0 aromatic heterocycles. The Kier molecular flexibility index (Phi) is 9.03. The minimum Gasteiger partial charge on any atom is -0.360 e. The van der Waals surface area contributed by atoms with Gasteiger partial charge in [-0.3, -0.25) is 9.13 Å². The van der Waals surface area contributed by atoms with Crippen LogP contribution in [0.25, 0.3) is 21.5 Å². The lowest BCUT2D eigenvalue weighted by Crippen LogP contribution is -2.51. The van der Waals surface area contributed by atoms with E-state index in [0.717, 1.165) is 21.5 Å². The zero-order valence-corrected chi connectivity index (χ0v) is 26.5. The molecule has 6 rings (SSSR count). The second-order valence-electron chi connectivity index (χ2n) is 11.2. The molecule has 0 saturated heterocycles. The van der Waals surface area contributed by atoms with Crippen LogP contribution in [0.5, 0.6) is 0 Å². The molecule has 4 N–H and O–H groups in total. The third-order valence-corrected chi connectivity index (χ3v) is 10.4. The Labute approximate surface area is 266 Å². The van der Waals surface area contributed by atoms with Gasteiger partial charge in [-0.25, -0.2) is 9.88 Å². The van der Waals surface area contributed by atoms with Gasteiger partial charge in [0.2, 0.25) is 0 Å². The molecule has 10 heteroatoms. The summed E-state index contributed by atoms with van der Waals surface area (Å²) in [6.45, 7) is 0. The summed E-state index contributed by atoms with van der Waals surface area (Å²) in [5.41, 5.74) is -0.320. The zero-order valence-electron chi connectivity index (χ0n) is 24.7. The van der Waals surface area contributed by atoms with Crippen molar-refractivity contribution in [3.05, 3.63) is 168 Å². The molecule has 0 aliphatic carbocycles. The van der Waals surface area contributed by atoms with Gasteiger partial charge in [-0.05, 0) is 55.9 Å². The molecule has 0 fully saturated rings. The highest BCUT2D eigenvalue weighted by atomic mass is 31.2. The number of benzene rings is 6. The number of carbonyl (C=O) groups excluding carboxylic acids is 1. The molecule has 8 nitrogen and oxygen atoms in total. The fourth-order valence-electron chi connectivity index (χ4n) is 5.61. The van der Waals surface area contributed by atoms with E-state index >= 15 is 0 Å². The van der Waals surface area contributed by atoms with Crippen LogP contribution in [0.15, 0.2) is 146 Å². The molecule has 2 atom stereocenters. The van der Waals surface area contributed by atoms with Gasteiger partial charge in [0.25, 0.3) is 7.52 Å². The Bertz CT molecular complexity index is 2030. The molecule has 46 heavy (non-hydrogen) atoms. The standard InChI is InChI=1S/C36H32N2O6P2/c39-35(44-38-46(42,43)26-28-13-5-2-6-14-28)36(33-21-19-29-15-7-9-17-31(29)23-33,34-22-20-30-16-8-10-18-32(30)24-34)37-45(40,41)25-27-11-3-1-4-12-27/h1-24H,25-26H2,(H2,37,40,41)(H2,38,42,43). The van der Waals surface area contributed by atoms with Crippen LogP contribution in [0.1, 0.15) is 22.3 Å². The molecule has 0 amide bonds. The second kappa shape index (κ2) is 13.1. The van der Waals surface area contributed by atoms with Crippen molar-refractivity contribution in [1.82, 2.24) is 10.3 Å². The predicted molar refractivity (Wildman–Crippen MR) is 181 cm³/mol. The van der Waals surface area contributed by atoms with Gasteiger partial charge in [0.05, 0.1) is 12.3 Å². The Balaban J connectivity index is 1.50. The summed E-state index contributed by atoms with van der Waals surface area (Å²) >= 11 is 0. The van der Waals surface area contributed by atoms with Crippen LogP contribution >= 0.6 is 15.0 Å². The third kappa shape index (κ3) is 7.04. The van der Waals surface area contributed by atoms with Gasteiger partial charge in [0.1, 0.15) is 0 Å². The molecule has 232 valence electrons. The maximum absolute atomic E-state index is 14.6. The Morgan fingerprint density at radius 2 is 0.978 bits per heavy atom. The monoisotopic (exact) mass is 650 g/mol. The Hall–Kier alpha value is -4.39. The van der Waals surface area contributed by atoms with Crippen LogP contribution in [0, 0.1) is 0 Å². The Morgan fingerprint density at radius 3 is 1.46 bits per heavy atom. The largest absolute Gasteiger partial charge is 0.360 e. The number of rotatable bonds is 11. The van der Waals surface area contributed by atoms with Gasteiger partial charge in [0, 0.05) is 0 Å². The highest BCUT2D eigenvalue weighted by molar-refractivity contribution is 7.55. The lowest BCUT2D eigenvalue weighted by Gasteiger charge is -2.35. The number of hydrogen-bond donors (Lipinski definition) is 4. The molecular formula is C36H32N2O6P2. The molecule has 6 aromatic rings. The van der Waals surface area contributed by atoms with Crippen molar-refractivity contribution < 1.29 is 28.5 Å². The molecular weight excluding hydrogens is 618 g/mol. The molecule has 0 aliphatic rings. The summed E-state index contributed by atoms with van der Waals surface area (Å²) < 4.78 is 27.3. The van der Waals surface area contributed by atoms with E-state index in [0.29, 0.717) is 22.3 Å². The second-order valence-corrected chi connectivity index (χ2v) is 15.0. The summed E-state index contributed by atoms with van der Waals surface area (Å²) in [6.07, 6.45) is -0.593. The first kappa shape index (κ1) is 31.6. The minimum absolute atomic E-state index is 0.288. The summed E-state index contributed by atoms with van der Waals surface area (Å²) in [5, 5.41) is 8.28. The number of hydrogen-bond acceptors (Lipinski definition) is 4. The van der Waals surface area contributed by atoms with Gasteiger partial charge in [-0.2, -0.15) is 0 Å². The molecule has 0 radical (unpaired) electrons. The fourth-order valence-corrected chi connectivity index (χ4v) is 8.26. The molecule has 0 aliphatic heterocycles. The fraction of sp³-hybridized carbons (Fsp3) is 0.0833. The van der Waals surface area contributed by atoms with E-state index in [4.69, 9.17) is 4.84 Å². The number of fused-ring (bicyclic) bond motifs is 2. The SMILES string of the molecule is O=C(ONP(=O)(O)Cc1ccccc1)C(NP(=O)(O)Cc1ccccc1)(c1ccc2ccccc2c1)c1ccc2ccccc2c1. The van der Waals surface area contributed by atoms with Crippen LogP contribution in [0.2, 0.25) is 0 Å². The highest BCUT2D eigenvalue weighted by Crippen LogP contribution is 2.48. The van der Waals surface area contributed by atoms with Crippen molar-refractivity contribution in [3.8, 4) is 0 Å².